The van der Waals surface area contributed by atoms with Gasteiger partial charge in [0.05, 0.1) is 22.8 Å². The molecule has 0 saturated carbocycles. The van der Waals surface area contributed by atoms with E-state index in [9.17, 15) is 0 Å². The average molecular weight is 281 g/mol. The lowest BCUT2D eigenvalue weighted by atomic mass is 9.78. The van der Waals surface area contributed by atoms with Gasteiger partial charge in [-0.2, -0.15) is 5.26 Å². The maximum Gasteiger partial charge on any atom is 0.494 e. The van der Waals surface area contributed by atoms with E-state index in [-0.39, 0.29) is 12.4 Å². The van der Waals surface area contributed by atoms with Crippen LogP contribution in [0.25, 0.3) is 0 Å². The predicted octanol–water partition coefficient (Wildman–Crippen LogP) is 1.86. The Hall–Kier alpha value is -1.22. The maximum absolute atomic E-state index is 8.95. The standard InChI is InChI=1S/C13H17BN2O2.ClH/c1-12(2)13(3,4)18-14(17-12)10-5-9(8-15)6-11(16)7-10;/h5-7H,16H2,1-4H3;1H. The van der Waals surface area contributed by atoms with Crippen molar-refractivity contribution in [3.8, 4) is 6.07 Å². The van der Waals surface area contributed by atoms with Gasteiger partial charge in [0.1, 0.15) is 0 Å². The number of benzene rings is 1. The number of halogens is 1. The predicted molar refractivity (Wildman–Crippen MR) is 78.5 cm³/mol. The van der Waals surface area contributed by atoms with Crippen LogP contribution in [0.4, 0.5) is 5.69 Å². The zero-order valence-corrected chi connectivity index (χ0v) is 12.4. The summed E-state index contributed by atoms with van der Waals surface area (Å²) in [5.74, 6) is 0. The van der Waals surface area contributed by atoms with E-state index >= 15 is 0 Å². The second kappa shape index (κ2) is 5.05. The molecule has 0 spiro atoms. The van der Waals surface area contributed by atoms with Crippen LogP contribution in [-0.2, 0) is 9.31 Å². The second-order valence-electron chi connectivity index (χ2n) is 5.59. The van der Waals surface area contributed by atoms with Crippen LogP contribution in [0.3, 0.4) is 0 Å². The topological polar surface area (TPSA) is 68.3 Å². The first kappa shape index (κ1) is 15.8. The Morgan fingerprint density at radius 1 is 1.11 bits per heavy atom. The van der Waals surface area contributed by atoms with E-state index in [1.54, 1.807) is 18.2 Å². The Bertz CT molecular complexity index is 510. The largest absolute Gasteiger partial charge is 0.494 e. The van der Waals surface area contributed by atoms with Gasteiger partial charge < -0.3 is 15.0 Å². The van der Waals surface area contributed by atoms with Gasteiger partial charge in [0.2, 0.25) is 0 Å². The normalized spacial score (nSPS) is 19.6. The third kappa shape index (κ3) is 2.87. The fourth-order valence-corrected chi connectivity index (χ4v) is 1.86. The van der Waals surface area contributed by atoms with Crippen LogP contribution in [0.2, 0.25) is 0 Å². The van der Waals surface area contributed by atoms with E-state index in [2.05, 4.69) is 6.07 Å². The molecule has 1 aliphatic heterocycles. The zero-order chi connectivity index (χ0) is 13.6. The molecule has 1 aliphatic rings. The smallest absolute Gasteiger partial charge is 0.399 e. The van der Waals surface area contributed by atoms with E-state index in [0.29, 0.717) is 11.3 Å². The van der Waals surface area contributed by atoms with Gasteiger partial charge in [0.25, 0.3) is 0 Å². The Morgan fingerprint density at radius 2 is 1.63 bits per heavy atom. The van der Waals surface area contributed by atoms with Crippen molar-refractivity contribution in [1.82, 2.24) is 0 Å². The van der Waals surface area contributed by atoms with Gasteiger partial charge in [-0.1, -0.05) is 0 Å². The van der Waals surface area contributed by atoms with E-state index in [4.69, 9.17) is 20.3 Å². The molecule has 1 saturated heterocycles. The van der Waals surface area contributed by atoms with Crippen LogP contribution >= 0.6 is 12.4 Å². The van der Waals surface area contributed by atoms with Crippen LogP contribution in [-0.4, -0.2) is 18.3 Å². The fraction of sp³-hybridized carbons (Fsp3) is 0.462. The molecule has 0 bridgehead atoms. The summed E-state index contributed by atoms with van der Waals surface area (Å²) >= 11 is 0. The summed E-state index contributed by atoms with van der Waals surface area (Å²) in [6.45, 7) is 7.96. The van der Waals surface area contributed by atoms with Gasteiger partial charge in [-0.05, 0) is 51.4 Å². The number of nitrogens with zero attached hydrogens (tertiary/aromatic N) is 1. The second-order valence-corrected chi connectivity index (χ2v) is 5.59. The Morgan fingerprint density at radius 3 is 2.11 bits per heavy atom. The lowest BCUT2D eigenvalue weighted by Crippen LogP contribution is -2.41. The van der Waals surface area contributed by atoms with Gasteiger partial charge in [-0.15, -0.1) is 12.4 Å². The molecule has 0 aromatic heterocycles. The summed E-state index contributed by atoms with van der Waals surface area (Å²) < 4.78 is 11.8. The van der Waals surface area contributed by atoms with Crippen molar-refractivity contribution in [2.45, 2.75) is 38.9 Å². The quantitative estimate of drug-likeness (QED) is 0.630. The van der Waals surface area contributed by atoms with E-state index in [0.717, 1.165) is 5.46 Å². The summed E-state index contributed by atoms with van der Waals surface area (Å²) in [6, 6.07) is 7.24. The number of nitrogens with two attached hydrogens (primary N) is 1. The number of anilines is 1. The lowest BCUT2D eigenvalue weighted by molar-refractivity contribution is 0.00578. The molecule has 0 atom stereocenters. The summed E-state index contributed by atoms with van der Waals surface area (Å²) in [4.78, 5) is 0. The van der Waals surface area contributed by atoms with Gasteiger partial charge in [-0.25, -0.2) is 0 Å². The highest BCUT2D eigenvalue weighted by atomic mass is 35.5. The molecule has 0 aliphatic carbocycles. The SMILES string of the molecule is CC1(C)OB(c2cc(N)cc(C#N)c2)OC1(C)C.Cl. The molecule has 1 fully saturated rings. The lowest BCUT2D eigenvalue weighted by Gasteiger charge is -2.32. The minimum absolute atomic E-state index is 0. The highest BCUT2D eigenvalue weighted by Gasteiger charge is 2.51. The fourth-order valence-electron chi connectivity index (χ4n) is 1.86. The molecular formula is C13H18BClN2O2. The number of hydrogen-bond acceptors (Lipinski definition) is 4. The third-order valence-electron chi connectivity index (χ3n) is 3.63. The van der Waals surface area contributed by atoms with Crippen LogP contribution in [0.15, 0.2) is 18.2 Å². The first-order valence-electron chi connectivity index (χ1n) is 5.91. The molecule has 1 heterocycles. The summed E-state index contributed by atoms with van der Waals surface area (Å²) in [6.07, 6.45) is 0. The molecular weight excluding hydrogens is 262 g/mol. The molecule has 19 heavy (non-hydrogen) atoms. The zero-order valence-electron chi connectivity index (χ0n) is 11.6. The van der Waals surface area contributed by atoms with Gasteiger partial charge in [-0.3, -0.25) is 0 Å². The van der Waals surface area contributed by atoms with E-state index < -0.39 is 18.3 Å². The molecule has 1 aromatic rings. The molecule has 0 unspecified atom stereocenters. The number of hydrogen-bond donors (Lipinski definition) is 1. The molecule has 0 amide bonds. The molecule has 0 radical (unpaired) electrons. The summed E-state index contributed by atoms with van der Waals surface area (Å²) in [5, 5.41) is 8.95. The first-order chi connectivity index (χ1) is 8.25. The monoisotopic (exact) mass is 280 g/mol. The minimum atomic E-state index is -0.481. The summed E-state index contributed by atoms with van der Waals surface area (Å²) in [5.41, 5.74) is 6.82. The van der Waals surface area contributed by atoms with Crippen molar-refractivity contribution in [3.05, 3.63) is 23.8 Å². The highest BCUT2D eigenvalue weighted by Crippen LogP contribution is 2.36. The van der Waals surface area contributed by atoms with Gasteiger partial charge in [0.15, 0.2) is 0 Å². The summed E-state index contributed by atoms with van der Waals surface area (Å²) in [7, 11) is -0.481. The number of nitrogen functional groups attached to an aromatic ring is 1. The van der Waals surface area contributed by atoms with Crippen molar-refractivity contribution in [2.24, 2.45) is 0 Å². The molecule has 6 heteroatoms. The van der Waals surface area contributed by atoms with Crippen LogP contribution in [0, 0.1) is 11.3 Å². The molecule has 2 rings (SSSR count). The Labute approximate surface area is 120 Å². The number of rotatable bonds is 1. The minimum Gasteiger partial charge on any atom is -0.399 e. The molecule has 1 aromatic carbocycles. The van der Waals surface area contributed by atoms with Crippen molar-refractivity contribution >= 4 is 30.7 Å². The Balaban J connectivity index is 0.00000180. The van der Waals surface area contributed by atoms with E-state index in [1.807, 2.05) is 27.7 Å². The molecule has 4 nitrogen and oxygen atoms in total. The van der Waals surface area contributed by atoms with Gasteiger partial charge in [0, 0.05) is 5.69 Å². The highest BCUT2D eigenvalue weighted by molar-refractivity contribution is 6.62. The van der Waals surface area contributed by atoms with Crippen molar-refractivity contribution < 1.29 is 9.31 Å². The maximum atomic E-state index is 8.95. The first-order valence-corrected chi connectivity index (χ1v) is 5.91. The van der Waals surface area contributed by atoms with Crippen molar-refractivity contribution in [3.63, 3.8) is 0 Å². The third-order valence-corrected chi connectivity index (χ3v) is 3.63. The van der Waals surface area contributed by atoms with Crippen molar-refractivity contribution in [2.75, 3.05) is 5.73 Å². The van der Waals surface area contributed by atoms with Crippen molar-refractivity contribution in [1.29, 1.82) is 5.26 Å². The average Bonchev–Trinajstić information content (AvgIpc) is 2.47. The molecule has 2 N–H and O–H groups in total. The van der Waals surface area contributed by atoms with E-state index in [1.165, 1.54) is 0 Å². The van der Waals surface area contributed by atoms with Crippen LogP contribution in [0.1, 0.15) is 33.3 Å². The van der Waals surface area contributed by atoms with Crippen LogP contribution in [0.5, 0.6) is 0 Å². The number of nitriles is 1. The van der Waals surface area contributed by atoms with Crippen LogP contribution < -0.4 is 11.2 Å². The Kier molecular flexibility index (Phi) is 4.21. The van der Waals surface area contributed by atoms with Gasteiger partial charge >= 0.3 is 7.12 Å². The molecule has 102 valence electrons.